The molecule has 1 fully saturated rings. The maximum Gasteiger partial charge on any atom is 0.251 e. The van der Waals surface area contributed by atoms with Crippen molar-refractivity contribution in [2.75, 3.05) is 31.9 Å². The molecule has 1 heterocycles. The number of nitrogens with two attached hydrogens (primary N) is 1. The molecule has 0 spiro atoms. The minimum absolute atomic E-state index is 0.174. The zero-order chi connectivity index (χ0) is 14.5. The van der Waals surface area contributed by atoms with Gasteiger partial charge in [0.2, 0.25) is 0 Å². The predicted molar refractivity (Wildman–Crippen MR) is 83.5 cm³/mol. The van der Waals surface area contributed by atoms with Crippen LogP contribution in [-0.4, -0.2) is 37.0 Å². The molecule has 6 heteroatoms. The summed E-state index contributed by atoms with van der Waals surface area (Å²) in [6.07, 6.45) is 3.81. The molecule has 2 rings (SSSR count). The van der Waals surface area contributed by atoms with Crippen molar-refractivity contribution >= 4 is 34.8 Å². The smallest absolute Gasteiger partial charge is 0.251 e. The van der Waals surface area contributed by atoms with Crippen molar-refractivity contribution in [1.29, 1.82) is 0 Å². The zero-order valence-electron chi connectivity index (χ0n) is 11.3. The largest absolute Gasteiger partial charge is 0.397 e. The standard InChI is InChI=1S/C14H19Cl2N3O/c15-11-8-10(9-12(17)13(11)16)14(20)18-4-7-19-5-2-1-3-6-19/h8-9H,1-7,17H2,(H,18,20). The van der Waals surface area contributed by atoms with Crippen molar-refractivity contribution in [3.8, 4) is 0 Å². The molecule has 3 N–H and O–H groups in total. The number of hydrogen-bond donors (Lipinski definition) is 2. The van der Waals surface area contributed by atoms with Crippen LogP contribution in [-0.2, 0) is 0 Å². The first-order valence-electron chi connectivity index (χ1n) is 6.83. The zero-order valence-corrected chi connectivity index (χ0v) is 12.8. The average Bonchev–Trinajstić information content (AvgIpc) is 2.45. The Labute approximate surface area is 129 Å². The van der Waals surface area contributed by atoms with Crippen LogP contribution in [0.25, 0.3) is 0 Å². The number of likely N-dealkylation sites (tertiary alicyclic amines) is 1. The van der Waals surface area contributed by atoms with Gasteiger partial charge in [0.15, 0.2) is 0 Å². The van der Waals surface area contributed by atoms with E-state index in [1.54, 1.807) is 6.07 Å². The fraction of sp³-hybridized carbons (Fsp3) is 0.500. The Morgan fingerprint density at radius 2 is 1.95 bits per heavy atom. The summed E-state index contributed by atoms with van der Waals surface area (Å²) in [6, 6.07) is 3.08. The van der Waals surface area contributed by atoms with E-state index in [9.17, 15) is 4.79 Å². The van der Waals surface area contributed by atoms with Gasteiger partial charge in [-0.25, -0.2) is 0 Å². The number of halogens is 2. The molecular formula is C14H19Cl2N3O. The van der Waals surface area contributed by atoms with Crippen LogP contribution in [0.15, 0.2) is 12.1 Å². The highest BCUT2D eigenvalue weighted by Crippen LogP contribution is 2.29. The van der Waals surface area contributed by atoms with E-state index in [1.807, 2.05) is 0 Å². The molecule has 0 aliphatic carbocycles. The molecule has 1 amide bonds. The highest BCUT2D eigenvalue weighted by Gasteiger charge is 2.13. The SMILES string of the molecule is Nc1cc(C(=O)NCCN2CCCCC2)cc(Cl)c1Cl. The highest BCUT2D eigenvalue weighted by atomic mass is 35.5. The van der Waals surface area contributed by atoms with E-state index < -0.39 is 0 Å². The van der Waals surface area contributed by atoms with E-state index in [4.69, 9.17) is 28.9 Å². The van der Waals surface area contributed by atoms with Gasteiger partial charge in [0, 0.05) is 18.7 Å². The van der Waals surface area contributed by atoms with Crippen LogP contribution in [0.4, 0.5) is 5.69 Å². The number of nitrogens with zero attached hydrogens (tertiary/aromatic N) is 1. The van der Waals surface area contributed by atoms with Crippen molar-refractivity contribution < 1.29 is 4.79 Å². The number of nitrogen functional groups attached to an aromatic ring is 1. The summed E-state index contributed by atoms with van der Waals surface area (Å²) in [5.74, 6) is -0.174. The van der Waals surface area contributed by atoms with E-state index in [-0.39, 0.29) is 10.9 Å². The Balaban J connectivity index is 1.85. The lowest BCUT2D eigenvalue weighted by atomic mass is 10.1. The van der Waals surface area contributed by atoms with Gasteiger partial charge in [-0.2, -0.15) is 0 Å². The Bertz CT molecular complexity index is 464. The summed E-state index contributed by atoms with van der Waals surface area (Å²) in [5.41, 5.74) is 6.46. The lowest BCUT2D eigenvalue weighted by Crippen LogP contribution is -2.37. The quantitative estimate of drug-likeness (QED) is 0.840. The number of rotatable bonds is 4. The molecule has 0 radical (unpaired) electrons. The molecule has 1 aromatic carbocycles. The molecule has 0 aromatic heterocycles. The molecule has 1 aliphatic rings. The second-order valence-corrected chi connectivity index (χ2v) is 5.80. The van der Waals surface area contributed by atoms with Gasteiger partial charge in [-0.1, -0.05) is 29.6 Å². The van der Waals surface area contributed by atoms with E-state index >= 15 is 0 Å². The minimum atomic E-state index is -0.174. The van der Waals surface area contributed by atoms with E-state index in [0.717, 1.165) is 19.6 Å². The number of carbonyl (C=O) groups excluding carboxylic acids is 1. The summed E-state index contributed by atoms with van der Waals surface area (Å²) in [7, 11) is 0. The number of hydrogen-bond acceptors (Lipinski definition) is 3. The lowest BCUT2D eigenvalue weighted by Gasteiger charge is -2.26. The van der Waals surface area contributed by atoms with Crippen molar-refractivity contribution in [3.05, 3.63) is 27.7 Å². The Hall–Kier alpha value is -0.970. The summed E-state index contributed by atoms with van der Waals surface area (Å²) in [6.45, 7) is 3.74. The first-order valence-corrected chi connectivity index (χ1v) is 7.58. The molecule has 0 bridgehead atoms. The molecule has 1 aliphatic heterocycles. The van der Waals surface area contributed by atoms with Crippen LogP contribution in [0, 0.1) is 0 Å². The summed E-state index contributed by atoms with van der Waals surface area (Å²) >= 11 is 11.8. The van der Waals surface area contributed by atoms with Gasteiger partial charge >= 0.3 is 0 Å². The first kappa shape index (κ1) is 15.4. The van der Waals surface area contributed by atoms with Crippen LogP contribution in [0.2, 0.25) is 10.0 Å². The fourth-order valence-electron chi connectivity index (χ4n) is 2.35. The number of amides is 1. The normalized spacial score (nSPS) is 16.1. The molecule has 1 aromatic rings. The minimum Gasteiger partial charge on any atom is -0.397 e. The molecule has 4 nitrogen and oxygen atoms in total. The first-order chi connectivity index (χ1) is 9.58. The average molecular weight is 316 g/mol. The van der Waals surface area contributed by atoms with Crippen molar-refractivity contribution in [2.45, 2.75) is 19.3 Å². The van der Waals surface area contributed by atoms with E-state index in [2.05, 4.69) is 10.2 Å². The van der Waals surface area contributed by atoms with Gasteiger partial charge in [-0.05, 0) is 38.1 Å². The maximum absolute atomic E-state index is 12.0. The van der Waals surface area contributed by atoms with E-state index in [0.29, 0.717) is 22.8 Å². The van der Waals surface area contributed by atoms with E-state index in [1.165, 1.54) is 25.3 Å². The molecule has 110 valence electrons. The second-order valence-electron chi connectivity index (χ2n) is 5.02. The second kappa shape index (κ2) is 7.16. The van der Waals surface area contributed by atoms with Gasteiger partial charge in [0.05, 0.1) is 15.7 Å². The van der Waals surface area contributed by atoms with Gasteiger partial charge in [-0.3, -0.25) is 4.79 Å². The Morgan fingerprint density at radius 1 is 1.25 bits per heavy atom. The molecule has 0 saturated carbocycles. The fourth-order valence-corrected chi connectivity index (χ4v) is 2.69. The predicted octanol–water partition coefficient (Wildman–Crippen LogP) is 2.79. The number of piperidine rings is 1. The van der Waals surface area contributed by atoms with Gasteiger partial charge in [-0.15, -0.1) is 0 Å². The lowest BCUT2D eigenvalue weighted by molar-refractivity contribution is 0.0946. The molecule has 20 heavy (non-hydrogen) atoms. The third kappa shape index (κ3) is 4.01. The van der Waals surface area contributed by atoms with Crippen molar-refractivity contribution in [1.82, 2.24) is 10.2 Å². The third-order valence-corrected chi connectivity index (χ3v) is 4.30. The van der Waals surface area contributed by atoms with Crippen molar-refractivity contribution in [2.24, 2.45) is 0 Å². The number of benzene rings is 1. The monoisotopic (exact) mass is 315 g/mol. The molecule has 0 atom stereocenters. The third-order valence-electron chi connectivity index (χ3n) is 3.48. The van der Waals surface area contributed by atoms with Gasteiger partial charge < -0.3 is 16.0 Å². The highest BCUT2D eigenvalue weighted by molar-refractivity contribution is 6.43. The van der Waals surface area contributed by atoms with Gasteiger partial charge in [0.25, 0.3) is 5.91 Å². The Morgan fingerprint density at radius 3 is 2.60 bits per heavy atom. The van der Waals surface area contributed by atoms with Crippen LogP contribution in [0.5, 0.6) is 0 Å². The molecular weight excluding hydrogens is 297 g/mol. The number of nitrogens with one attached hydrogen (secondary N) is 1. The maximum atomic E-state index is 12.0. The Kier molecular flexibility index (Phi) is 5.52. The van der Waals surface area contributed by atoms with Gasteiger partial charge in [0.1, 0.15) is 0 Å². The summed E-state index contributed by atoms with van der Waals surface area (Å²) in [5, 5.41) is 3.47. The molecule has 1 saturated heterocycles. The van der Waals surface area contributed by atoms with Crippen LogP contribution >= 0.6 is 23.2 Å². The van der Waals surface area contributed by atoms with Crippen LogP contribution in [0.1, 0.15) is 29.6 Å². The van der Waals surface area contributed by atoms with Crippen LogP contribution in [0.3, 0.4) is 0 Å². The van der Waals surface area contributed by atoms with Crippen LogP contribution < -0.4 is 11.1 Å². The molecule has 0 unspecified atom stereocenters. The topological polar surface area (TPSA) is 58.4 Å². The summed E-state index contributed by atoms with van der Waals surface area (Å²) < 4.78 is 0. The summed E-state index contributed by atoms with van der Waals surface area (Å²) in [4.78, 5) is 14.4. The number of carbonyl (C=O) groups is 1. The van der Waals surface area contributed by atoms with Crippen molar-refractivity contribution in [3.63, 3.8) is 0 Å². The number of anilines is 1.